The number of rotatable bonds is 4. The lowest BCUT2D eigenvalue weighted by Gasteiger charge is -2.14. The van der Waals surface area contributed by atoms with Gasteiger partial charge >= 0.3 is 0 Å². The van der Waals surface area contributed by atoms with Gasteiger partial charge in [0.05, 0.1) is 0 Å². The van der Waals surface area contributed by atoms with Crippen LogP contribution >= 0.6 is 0 Å². The average Bonchev–Trinajstić information content (AvgIpc) is 2.48. The molecule has 0 aromatic rings. The minimum absolute atomic E-state index is 0.0610. The molecule has 5 heteroatoms. The molecule has 1 fully saturated rings. The van der Waals surface area contributed by atoms with E-state index in [1.165, 1.54) is 4.90 Å². The third-order valence-corrected chi connectivity index (χ3v) is 2.31. The Morgan fingerprint density at radius 1 is 1.33 bits per heavy atom. The first-order valence-electron chi connectivity index (χ1n) is 5.13. The van der Waals surface area contributed by atoms with Crippen LogP contribution in [0.4, 0.5) is 0 Å². The van der Waals surface area contributed by atoms with E-state index in [4.69, 9.17) is 0 Å². The van der Waals surface area contributed by atoms with E-state index in [1.54, 1.807) is 13.8 Å². The van der Waals surface area contributed by atoms with Gasteiger partial charge in [-0.05, 0) is 0 Å². The molecule has 1 N–H and O–H groups in total. The van der Waals surface area contributed by atoms with Crippen molar-refractivity contribution in [2.75, 3.05) is 13.1 Å². The smallest absolute Gasteiger partial charge is 0.229 e. The van der Waals surface area contributed by atoms with Crippen molar-refractivity contribution in [1.82, 2.24) is 10.2 Å². The van der Waals surface area contributed by atoms with E-state index in [0.717, 1.165) is 0 Å². The fourth-order valence-corrected chi connectivity index (χ4v) is 1.37. The Morgan fingerprint density at radius 3 is 2.33 bits per heavy atom. The summed E-state index contributed by atoms with van der Waals surface area (Å²) in [5.74, 6) is -0.415. The molecule has 0 saturated carbocycles. The highest BCUT2D eigenvalue weighted by Gasteiger charge is 2.28. The van der Waals surface area contributed by atoms with Crippen molar-refractivity contribution in [2.24, 2.45) is 5.92 Å². The van der Waals surface area contributed by atoms with Crippen LogP contribution in [-0.2, 0) is 14.4 Å². The zero-order valence-corrected chi connectivity index (χ0v) is 9.08. The summed E-state index contributed by atoms with van der Waals surface area (Å²) in [7, 11) is 0. The molecule has 3 amide bonds. The minimum Gasteiger partial charge on any atom is -0.354 e. The Morgan fingerprint density at radius 2 is 1.87 bits per heavy atom. The first-order chi connectivity index (χ1) is 7.02. The van der Waals surface area contributed by atoms with Gasteiger partial charge in [0.1, 0.15) is 0 Å². The number of nitrogens with one attached hydrogen (secondary N) is 1. The second-order valence-electron chi connectivity index (χ2n) is 3.88. The predicted octanol–water partition coefficient (Wildman–Crippen LogP) is -0.0924. The summed E-state index contributed by atoms with van der Waals surface area (Å²) in [6, 6.07) is 0. The number of hydrogen-bond acceptors (Lipinski definition) is 3. The van der Waals surface area contributed by atoms with Crippen molar-refractivity contribution in [3.05, 3.63) is 0 Å². The van der Waals surface area contributed by atoms with Crippen LogP contribution < -0.4 is 5.32 Å². The molecule has 15 heavy (non-hydrogen) atoms. The van der Waals surface area contributed by atoms with Crippen LogP contribution in [0.5, 0.6) is 0 Å². The Kier molecular flexibility index (Phi) is 3.82. The van der Waals surface area contributed by atoms with Crippen molar-refractivity contribution in [2.45, 2.75) is 26.7 Å². The van der Waals surface area contributed by atoms with Crippen LogP contribution in [0, 0.1) is 5.92 Å². The van der Waals surface area contributed by atoms with E-state index < -0.39 is 0 Å². The zero-order valence-electron chi connectivity index (χ0n) is 9.08. The lowest BCUT2D eigenvalue weighted by molar-refractivity contribution is -0.138. The van der Waals surface area contributed by atoms with E-state index in [1.807, 2.05) is 0 Å². The summed E-state index contributed by atoms with van der Waals surface area (Å²) >= 11 is 0. The molecule has 1 heterocycles. The van der Waals surface area contributed by atoms with E-state index in [0.29, 0.717) is 19.4 Å². The van der Waals surface area contributed by atoms with Gasteiger partial charge in [0.25, 0.3) is 0 Å². The molecule has 0 bridgehead atoms. The number of imide groups is 1. The molecule has 0 aromatic heterocycles. The van der Waals surface area contributed by atoms with Crippen LogP contribution in [0.15, 0.2) is 0 Å². The molecule has 84 valence electrons. The number of amides is 3. The number of nitrogens with zero attached hydrogens (tertiary/aromatic N) is 1. The maximum Gasteiger partial charge on any atom is 0.229 e. The third-order valence-electron chi connectivity index (χ3n) is 2.31. The maximum atomic E-state index is 11.2. The SMILES string of the molecule is CC(C)C(=O)NCCN1C(=O)CCC1=O. The standard InChI is InChI=1S/C10H16N2O3/c1-7(2)10(15)11-5-6-12-8(13)3-4-9(12)14/h7H,3-6H2,1-2H3,(H,11,15). The summed E-state index contributed by atoms with van der Waals surface area (Å²) < 4.78 is 0. The highest BCUT2D eigenvalue weighted by molar-refractivity contribution is 6.01. The van der Waals surface area contributed by atoms with Gasteiger partial charge in [0.2, 0.25) is 17.7 Å². The van der Waals surface area contributed by atoms with Crippen molar-refractivity contribution in [3.63, 3.8) is 0 Å². The molecule has 1 aliphatic heterocycles. The molecular formula is C10H16N2O3. The minimum atomic E-state index is -0.140. The van der Waals surface area contributed by atoms with Crippen molar-refractivity contribution >= 4 is 17.7 Å². The van der Waals surface area contributed by atoms with Gasteiger partial charge in [-0.3, -0.25) is 19.3 Å². The summed E-state index contributed by atoms with van der Waals surface area (Å²) in [6.45, 7) is 4.22. The lowest BCUT2D eigenvalue weighted by Crippen LogP contribution is -2.38. The topological polar surface area (TPSA) is 66.5 Å². The van der Waals surface area contributed by atoms with Crippen LogP contribution in [0.3, 0.4) is 0 Å². The summed E-state index contributed by atoms with van der Waals surface area (Å²) in [6.07, 6.45) is 0.605. The molecule has 0 aliphatic carbocycles. The lowest BCUT2D eigenvalue weighted by atomic mass is 10.2. The summed E-state index contributed by atoms with van der Waals surface area (Å²) in [4.78, 5) is 34.8. The molecule has 0 radical (unpaired) electrons. The highest BCUT2D eigenvalue weighted by Crippen LogP contribution is 2.10. The zero-order chi connectivity index (χ0) is 11.4. The van der Waals surface area contributed by atoms with Gasteiger partial charge in [0.15, 0.2) is 0 Å². The molecule has 1 rings (SSSR count). The van der Waals surface area contributed by atoms with Crippen molar-refractivity contribution < 1.29 is 14.4 Å². The molecular weight excluding hydrogens is 196 g/mol. The van der Waals surface area contributed by atoms with Gasteiger partial charge in [-0.15, -0.1) is 0 Å². The quantitative estimate of drug-likeness (QED) is 0.662. The molecule has 0 aromatic carbocycles. The Bertz CT molecular complexity index is 270. The van der Waals surface area contributed by atoms with Gasteiger partial charge in [-0.1, -0.05) is 13.8 Å². The van der Waals surface area contributed by atoms with Crippen LogP contribution in [0.25, 0.3) is 0 Å². The second-order valence-corrected chi connectivity index (χ2v) is 3.88. The average molecular weight is 212 g/mol. The molecule has 0 atom stereocenters. The molecule has 0 spiro atoms. The van der Waals surface area contributed by atoms with E-state index in [2.05, 4.69) is 5.32 Å². The van der Waals surface area contributed by atoms with Crippen molar-refractivity contribution in [1.29, 1.82) is 0 Å². The molecule has 1 aliphatic rings. The normalized spacial score (nSPS) is 16.3. The third kappa shape index (κ3) is 3.04. The monoisotopic (exact) mass is 212 g/mol. The van der Waals surface area contributed by atoms with Gasteiger partial charge < -0.3 is 5.32 Å². The molecule has 1 saturated heterocycles. The van der Waals surface area contributed by atoms with Crippen molar-refractivity contribution in [3.8, 4) is 0 Å². The summed E-state index contributed by atoms with van der Waals surface area (Å²) in [5, 5.41) is 2.67. The highest BCUT2D eigenvalue weighted by atomic mass is 16.2. The summed E-state index contributed by atoms with van der Waals surface area (Å²) in [5.41, 5.74) is 0. The molecule has 0 unspecified atom stereocenters. The van der Waals surface area contributed by atoms with Gasteiger partial charge in [0, 0.05) is 31.8 Å². The molecule has 5 nitrogen and oxygen atoms in total. The first-order valence-corrected chi connectivity index (χ1v) is 5.13. The van der Waals surface area contributed by atoms with E-state index in [-0.39, 0.29) is 30.2 Å². The maximum absolute atomic E-state index is 11.2. The van der Waals surface area contributed by atoms with Gasteiger partial charge in [-0.2, -0.15) is 0 Å². The van der Waals surface area contributed by atoms with E-state index >= 15 is 0 Å². The van der Waals surface area contributed by atoms with Crippen LogP contribution in [0.1, 0.15) is 26.7 Å². The largest absolute Gasteiger partial charge is 0.354 e. The Hall–Kier alpha value is -1.39. The fourth-order valence-electron chi connectivity index (χ4n) is 1.37. The number of carbonyl (C=O) groups is 3. The number of likely N-dealkylation sites (tertiary alicyclic amines) is 1. The predicted molar refractivity (Wildman–Crippen MR) is 53.8 cm³/mol. The van der Waals surface area contributed by atoms with Gasteiger partial charge in [-0.25, -0.2) is 0 Å². The van der Waals surface area contributed by atoms with Crippen LogP contribution in [-0.4, -0.2) is 35.7 Å². The second kappa shape index (κ2) is 4.91. The number of hydrogen-bond donors (Lipinski definition) is 1. The van der Waals surface area contributed by atoms with E-state index in [9.17, 15) is 14.4 Å². The Balaban J connectivity index is 2.28. The number of carbonyl (C=O) groups excluding carboxylic acids is 3. The Labute approximate surface area is 88.8 Å². The van der Waals surface area contributed by atoms with Crippen LogP contribution in [0.2, 0.25) is 0 Å². The first kappa shape index (κ1) is 11.7. The fraction of sp³-hybridized carbons (Fsp3) is 0.700.